The monoisotopic (exact) mass is 469 g/mol. The topological polar surface area (TPSA) is 73.1 Å². The molecular weight excluding hydrogens is 438 g/mol. The van der Waals surface area contributed by atoms with Crippen LogP contribution in [-0.4, -0.2) is 15.0 Å². The summed E-state index contributed by atoms with van der Waals surface area (Å²) in [6.07, 6.45) is 0.637. The number of hydrogen-bond donors (Lipinski definition) is 1. The van der Waals surface area contributed by atoms with Crippen LogP contribution in [-0.2, 0) is 24.4 Å². The Balaban J connectivity index is 1.53. The van der Waals surface area contributed by atoms with E-state index in [9.17, 15) is 14.4 Å². The van der Waals surface area contributed by atoms with Crippen LogP contribution in [0.3, 0.4) is 0 Å². The molecule has 180 valence electrons. The van der Waals surface area contributed by atoms with E-state index in [1.807, 2.05) is 69.3 Å². The van der Waals surface area contributed by atoms with Crippen LogP contribution in [0.1, 0.15) is 40.7 Å². The van der Waals surface area contributed by atoms with Crippen molar-refractivity contribution in [3.05, 3.63) is 115 Å². The number of nitrogens with one attached hydrogen (secondary N) is 1. The highest BCUT2D eigenvalue weighted by atomic mass is 16.2. The molecule has 0 saturated heterocycles. The third-order valence-corrected chi connectivity index (χ3v) is 6.36. The molecule has 0 unspecified atom stereocenters. The van der Waals surface area contributed by atoms with Crippen LogP contribution in [0.15, 0.2) is 76.3 Å². The van der Waals surface area contributed by atoms with Crippen molar-refractivity contribution in [1.82, 2.24) is 14.5 Å². The molecule has 1 N–H and O–H groups in total. The number of benzene rings is 3. The molecule has 0 aliphatic rings. The number of rotatable bonds is 8. The molecule has 0 radical (unpaired) electrons. The van der Waals surface area contributed by atoms with Gasteiger partial charge in [0.05, 0.1) is 17.4 Å². The molecular formula is C29H31N3O3. The Labute approximate surface area is 204 Å². The van der Waals surface area contributed by atoms with Crippen molar-refractivity contribution in [3.8, 4) is 0 Å². The Morgan fingerprint density at radius 3 is 2.34 bits per heavy atom. The van der Waals surface area contributed by atoms with Crippen LogP contribution in [0.5, 0.6) is 0 Å². The van der Waals surface area contributed by atoms with Crippen LogP contribution in [0.2, 0.25) is 0 Å². The molecule has 1 aromatic heterocycles. The van der Waals surface area contributed by atoms with Gasteiger partial charge >= 0.3 is 5.69 Å². The number of aryl methyl sites for hydroxylation is 3. The fraction of sp³-hybridized carbons (Fsp3) is 0.276. The minimum atomic E-state index is -0.352. The summed E-state index contributed by atoms with van der Waals surface area (Å²) in [6.45, 7) is 7.09. The summed E-state index contributed by atoms with van der Waals surface area (Å²) in [6, 6.07) is 21.4. The van der Waals surface area contributed by atoms with Crippen LogP contribution >= 0.6 is 0 Å². The van der Waals surface area contributed by atoms with E-state index < -0.39 is 0 Å². The summed E-state index contributed by atoms with van der Waals surface area (Å²) in [5, 5.41) is 3.41. The Morgan fingerprint density at radius 2 is 1.57 bits per heavy atom. The van der Waals surface area contributed by atoms with Gasteiger partial charge in [-0.2, -0.15) is 0 Å². The normalized spacial score (nSPS) is 11.1. The molecule has 6 nitrogen and oxygen atoms in total. The summed E-state index contributed by atoms with van der Waals surface area (Å²) in [5.41, 5.74) is 5.40. The number of carbonyl (C=O) groups excluding carboxylic acids is 1. The van der Waals surface area contributed by atoms with Crippen molar-refractivity contribution in [3.63, 3.8) is 0 Å². The zero-order valence-corrected chi connectivity index (χ0v) is 20.5. The molecule has 1 heterocycles. The van der Waals surface area contributed by atoms with E-state index in [-0.39, 0.29) is 30.1 Å². The van der Waals surface area contributed by atoms with E-state index in [2.05, 4.69) is 11.4 Å². The van der Waals surface area contributed by atoms with Crippen molar-refractivity contribution >= 4 is 16.8 Å². The molecule has 0 saturated carbocycles. The molecule has 0 atom stereocenters. The molecule has 6 heteroatoms. The number of para-hydroxylation sites is 1. The quantitative estimate of drug-likeness (QED) is 0.420. The second-order valence-electron chi connectivity index (χ2n) is 9.14. The highest BCUT2D eigenvalue weighted by Crippen LogP contribution is 2.15. The number of nitrogens with zero attached hydrogens (tertiary/aromatic N) is 2. The second-order valence-corrected chi connectivity index (χ2v) is 9.14. The molecule has 0 spiro atoms. The van der Waals surface area contributed by atoms with Gasteiger partial charge in [0.15, 0.2) is 0 Å². The fourth-order valence-electron chi connectivity index (χ4n) is 4.25. The second kappa shape index (κ2) is 10.6. The molecule has 1 amide bonds. The van der Waals surface area contributed by atoms with Gasteiger partial charge in [-0.1, -0.05) is 65.7 Å². The Hall–Kier alpha value is -3.93. The first-order valence-electron chi connectivity index (χ1n) is 11.9. The lowest BCUT2D eigenvalue weighted by Crippen LogP contribution is -2.40. The van der Waals surface area contributed by atoms with Crippen molar-refractivity contribution in [2.24, 2.45) is 0 Å². The molecule has 4 rings (SSSR count). The minimum Gasteiger partial charge on any atom is -0.352 e. The molecule has 35 heavy (non-hydrogen) atoms. The zero-order chi connectivity index (χ0) is 24.9. The van der Waals surface area contributed by atoms with Gasteiger partial charge in [-0.3, -0.25) is 18.7 Å². The SMILES string of the molecule is Cc1ccc(CNC(=O)CCCn2c(=O)c3ccccc3n(Cc3cc(C)ccc3C)c2=O)cc1. The molecule has 4 aromatic rings. The lowest BCUT2D eigenvalue weighted by Gasteiger charge is -2.16. The van der Waals surface area contributed by atoms with Gasteiger partial charge < -0.3 is 5.32 Å². The third kappa shape index (κ3) is 5.60. The van der Waals surface area contributed by atoms with Crippen LogP contribution in [0, 0.1) is 20.8 Å². The lowest BCUT2D eigenvalue weighted by atomic mass is 10.1. The Bertz CT molecular complexity index is 1480. The molecule has 0 aliphatic carbocycles. The van der Waals surface area contributed by atoms with E-state index in [1.165, 1.54) is 10.1 Å². The maximum absolute atomic E-state index is 13.4. The van der Waals surface area contributed by atoms with Gasteiger partial charge in [0.2, 0.25) is 5.91 Å². The molecule has 0 fully saturated rings. The number of aromatic nitrogens is 2. The Kier molecular flexibility index (Phi) is 7.30. The maximum Gasteiger partial charge on any atom is 0.331 e. The predicted octanol–water partition coefficient (Wildman–Crippen LogP) is 4.23. The van der Waals surface area contributed by atoms with Crippen LogP contribution in [0.25, 0.3) is 10.9 Å². The van der Waals surface area contributed by atoms with Crippen molar-refractivity contribution in [2.75, 3.05) is 0 Å². The summed E-state index contributed by atoms with van der Waals surface area (Å²) in [4.78, 5) is 38.9. The van der Waals surface area contributed by atoms with Crippen molar-refractivity contribution in [1.29, 1.82) is 0 Å². The minimum absolute atomic E-state index is 0.102. The van der Waals surface area contributed by atoms with Crippen molar-refractivity contribution < 1.29 is 4.79 Å². The van der Waals surface area contributed by atoms with E-state index >= 15 is 0 Å². The van der Waals surface area contributed by atoms with Gasteiger partial charge in [0, 0.05) is 19.5 Å². The van der Waals surface area contributed by atoms with Gasteiger partial charge in [0.1, 0.15) is 0 Å². The largest absolute Gasteiger partial charge is 0.352 e. The van der Waals surface area contributed by atoms with E-state index in [0.717, 1.165) is 22.3 Å². The fourth-order valence-corrected chi connectivity index (χ4v) is 4.25. The van der Waals surface area contributed by atoms with Gasteiger partial charge in [0.25, 0.3) is 5.56 Å². The van der Waals surface area contributed by atoms with Gasteiger partial charge in [-0.25, -0.2) is 4.79 Å². The summed E-state index contributed by atoms with van der Waals surface area (Å²) >= 11 is 0. The van der Waals surface area contributed by atoms with E-state index in [4.69, 9.17) is 0 Å². The number of fused-ring (bicyclic) bond motifs is 1. The first-order chi connectivity index (χ1) is 16.8. The van der Waals surface area contributed by atoms with Crippen molar-refractivity contribution in [2.45, 2.75) is 53.2 Å². The Morgan fingerprint density at radius 1 is 0.857 bits per heavy atom. The lowest BCUT2D eigenvalue weighted by molar-refractivity contribution is -0.121. The molecule has 0 bridgehead atoms. The maximum atomic E-state index is 13.4. The smallest absolute Gasteiger partial charge is 0.331 e. The number of hydrogen-bond acceptors (Lipinski definition) is 3. The zero-order valence-electron chi connectivity index (χ0n) is 20.5. The molecule has 0 aliphatic heterocycles. The van der Waals surface area contributed by atoms with Gasteiger partial charge in [-0.15, -0.1) is 0 Å². The van der Waals surface area contributed by atoms with Gasteiger partial charge in [-0.05, 0) is 56.0 Å². The van der Waals surface area contributed by atoms with Crippen LogP contribution < -0.4 is 16.6 Å². The predicted molar refractivity (Wildman–Crippen MR) is 140 cm³/mol. The van der Waals surface area contributed by atoms with Crippen LogP contribution in [0.4, 0.5) is 0 Å². The first-order valence-corrected chi connectivity index (χ1v) is 11.9. The third-order valence-electron chi connectivity index (χ3n) is 6.36. The summed E-state index contributed by atoms with van der Waals surface area (Å²) in [7, 11) is 0. The average molecular weight is 470 g/mol. The average Bonchev–Trinajstić information content (AvgIpc) is 2.85. The van der Waals surface area contributed by atoms with E-state index in [0.29, 0.717) is 30.4 Å². The number of carbonyl (C=O) groups is 1. The summed E-state index contributed by atoms with van der Waals surface area (Å²) < 4.78 is 2.93. The highest BCUT2D eigenvalue weighted by molar-refractivity contribution is 5.78. The standard InChI is InChI=1S/C29H31N3O3/c1-20-11-14-23(15-12-20)18-30-27(33)9-6-16-31-28(34)25-7-4-5-8-26(25)32(29(31)35)19-24-17-21(2)10-13-22(24)3/h4-5,7-8,10-15,17H,6,9,16,18-19H2,1-3H3,(H,30,33). The molecule has 3 aromatic carbocycles. The number of amides is 1. The highest BCUT2D eigenvalue weighted by Gasteiger charge is 2.14. The first kappa shape index (κ1) is 24.2. The van der Waals surface area contributed by atoms with E-state index in [1.54, 1.807) is 16.7 Å². The summed E-state index contributed by atoms with van der Waals surface area (Å²) in [5.74, 6) is -0.102.